The van der Waals surface area contributed by atoms with Crippen LogP contribution in [0.25, 0.3) is 0 Å². The van der Waals surface area contributed by atoms with Gasteiger partial charge < -0.3 is 10.1 Å². The summed E-state index contributed by atoms with van der Waals surface area (Å²) in [6.07, 6.45) is 3.52. The zero-order valence-electron chi connectivity index (χ0n) is 7.01. The van der Waals surface area contributed by atoms with Gasteiger partial charge >= 0.3 is 0 Å². The molecule has 0 saturated carbocycles. The summed E-state index contributed by atoms with van der Waals surface area (Å²) in [5.74, 6) is -0.0550. The molecular weight excluding hydrogens is 178 g/mol. The maximum Gasteiger partial charge on any atom is 0.234 e. The monoisotopic (exact) mass is 191 g/mol. The minimum absolute atomic E-state index is 0.0471. The zero-order valence-corrected chi connectivity index (χ0v) is 7.77. The van der Waals surface area contributed by atoms with Crippen LogP contribution in [0.1, 0.15) is 19.3 Å². The van der Waals surface area contributed by atoms with Crippen molar-refractivity contribution in [3.63, 3.8) is 0 Å². The van der Waals surface area contributed by atoms with Crippen LogP contribution in [0.15, 0.2) is 0 Å². The molecule has 1 unspecified atom stereocenters. The number of hydrogen-bond donors (Lipinski definition) is 1. The number of carbonyl (C=O) groups excluding carboxylic acids is 1. The smallest absolute Gasteiger partial charge is 0.234 e. The molecule has 1 rings (SSSR count). The lowest BCUT2D eigenvalue weighted by atomic mass is 10.2. The van der Waals surface area contributed by atoms with E-state index in [0.717, 1.165) is 25.9 Å². The van der Waals surface area contributed by atoms with Crippen molar-refractivity contribution in [1.29, 1.82) is 0 Å². The lowest BCUT2D eigenvalue weighted by Crippen LogP contribution is -2.27. The van der Waals surface area contributed by atoms with E-state index in [1.54, 1.807) is 0 Å². The predicted octanol–water partition coefficient (Wildman–Crippen LogP) is 0.910. The first kappa shape index (κ1) is 9.81. The van der Waals surface area contributed by atoms with E-state index in [-0.39, 0.29) is 11.8 Å². The first-order valence-corrected chi connectivity index (χ1v) is 4.80. The molecule has 0 aromatic carbocycles. The van der Waals surface area contributed by atoms with Gasteiger partial charge in [-0.05, 0) is 19.3 Å². The standard InChI is InChI=1S/C8H14ClNO2/c9-6-8(11)10-4-3-7-2-1-5-12-7/h7H,1-6H2,(H,10,11). The Balaban J connectivity index is 1.97. The van der Waals surface area contributed by atoms with Gasteiger partial charge in [0.1, 0.15) is 5.88 Å². The molecule has 12 heavy (non-hydrogen) atoms. The molecule has 0 bridgehead atoms. The third-order valence-electron chi connectivity index (χ3n) is 1.93. The molecule has 1 aliphatic rings. The molecule has 3 nitrogen and oxygen atoms in total. The molecule has 4 heteroatoms. The van der Waals surface area contributed by atoms with Gasteiger partial charge in [0.25, 0.3) is 0 Å². The van der Waals surface area contributed by atoms with Crippen molar-refractivity contribution >= 4 is 17.5 Å². The van der Waals surface area contributed by atoms with Crippen molar-refractivity contribution in [3.8, 4) is 0 Å². The van der Waals surface area contributed by atoms with E-state index >= 15 is 0 Å². The molecule has 1 atom stereocenters. The first-order chi connectivity index (χ1) is 5.83. The molecule has 0 radical (unpaired) electrons. The number of carbonyl (C=O) groups is 1. The van der Waals surface area contributed by atoms with Gasteiger partial charge in [-0.2, -0.15) is 0 Å². The summed E-state index contributed by atoms with van der Waals surface area (Å²) in [6.45, 7) is 1.55. The average Bonchev–Trinajstić information content (AvgIpc) is 2.57. The number of amides is 1. The lowest BCUT2D eigenvalue weighted by molar-refractivity contribution is -0.118. The Morgan fingerprint density at radius 2 is 2.50 bits per heavy atom. The molecule has 1 aliphatic heterocycles. The van der Waals surface area contributed by atoms with Gasteiger partial charge in [0.05, 0.1) is 6.10 Å². The molecule has 0 spiro atoms. The third kappa shape index (κ3) is 3.41. The van der Waals surface area contributed by atoms with Gasteiger partial charge in [-0.1, -0.05) is 0 Å². The van der Waals surface area contributed by atoms with Crippen LogP contribution in [-0.4, -0.2) is 31.0 Å². The zero-order chi connectivity index (χ0) is 8.81. The molecule has 0 aromatic rings. The summed E-state index contributed by atoms with van der Waals surface area (Å²) in [7, 11) is 0. The van der Waals surface area contributed by atoms with Crippen LogP contribution in [0.5, 0.6) is 0 Å². The Morgan fingerprint density at radius 1 is 1.67 bits per heavy atom. The summed E-state index contributed by atoms with van der Waals surface area (Å²) < 4.78 is 5.38. The van der Waals surface area contributed by atoms with Crippen LogP contribution in [-0.2, 0) is 9.53 Å². The van der Waals surface area contributed by atoms with Crippen LogP contribution in [0.4, 0.5) is 0 Å². The normalized spacial score (nSPS) is 22.6. The van der Waals surface area contributed by atoms with Crippen molar-refractivity contribution in [3.05, 3.63) is 0 Å². The highest BCUT2D eigenvalue weighted by Gasteiger charge is 2.14. The van der Waals surface area contributed by atoms with Crippen molar-refractivity contribution in [2.75, 3.05) is 19.0 Å². The number of halogens is 1. The Kier molecular flexibility index (Phi) is 4.40. The molecule has 1 N–H and O–H groups in total. The lowest BCUT2D eigenvalue weighted by Gasteiger charge is -2.08. The van der Waals surface area contributed by atoms with Gasteiger partial charge in [-0.3, -0.25) is 4.79 Å². The van der Waals surface area contributed by atoms with E-state index in [1.807, 2.05) is 0 Å². The summed E-state index contributed by atoms with van der Waals surface area (Å²) in [4.78, 5) is 10.7. The topological polar surface area (TPSA) is 38.3 Å². The molecule has 0 aliphatic carbocycles. The maximum absolute atomic E-state index is 10.7. The SMILES string of the molecule is O=C(CCl)NCCC1CCCO1. The number of nitrogens with one attached hydrogen (secondary N) is 1. The largest absolute Gasteiger partial charge is 0.378 e. The minimum Gasteiger partial charge on any atom is -0.378 e. The molecule has 1 heterocycles. The first-order valence-electron chi connectivity index (χ1n) is 4.27. The van der Waals surface area contributed by atoms with Gasteiger partial charge in [0.15, 0.2) is 0 Å². The van der Waals surface area contributed by atoms with Crippen LogP contribution >= 0.6 is 11.6 Å². The van der Waals surface area contributed by atoms with Gasteiger partial charge in [-0.25, -0.2) is 0 Å². The van der Waals surface area contributed by atoms with Gasteiger partial charge in [0, 0.05) is 13.2 Å². The number of hydrogen-bond acceptors (Lipinski definition) is 2. The van der Waals surface area contributed by atoms with E-state index in [0.29, 0.717) is 12.6 Å². The van der Waals surface area contributed by atoms with Crippen molar-refractivity contribution in [1.82, 2.24) is 5.32 Å². The second-order valence-electron chi connectivity index (χ2n) is 2.91. The predicted molar refractivity (Wildman–Crippen MR) is 47.3 cm³/mol. The number of rotatable bonds is 4. The second kappa shape index (κ2) is 5.38. The van der Waals surface area contributed by atoms with E-state index in [4.69, 9.17) is 16.3 Å². The molecule has 1 fully saturated rings. The van der Waals surface area contributed by atoms with Gasteiger partial charge in [0.2, 0.25) is 5.91 Å². The summed E-state index contributed by atoms with van der Waals surface area (Å²) >= 11 is 5.30. The van der Waals surface area contributed by atoms with Crippen molar-refractivity contribution < 1.29 is 9.53 Å². The highest BCUT2D eigenvalue weighted by Crippen LogP contribution is 2.14. The van der Waals surface area contributed by atoms with Crippen molar-refractivity contribution in [2.24, 2.45) is 0 Å². The molecule has 70 valence electrons. The van der Waals surface area contributed by atoms with Gasteiger partial charge in [-0.15, -0.1) is 11.6 Å². The quantitative estimate of drug-likeness (QED) is 0.671. The molecule has 1 saturated heterocycles. The fourth-order valence-electron chi connectivity index (χ4n) is 1.29. The second-order valence-corrected chi connectivity index (χ2v) is 3.17. The van der Waals surface area contributed by atoms with Crippen LogP contribution in [0, 0.1) is 0 Å². The van der Waals surface area contributed by atoms with E-state index in [2.05, 4.69) is 5.32 Å². The van der Waals surface area contributed by atoms with Crippen LogP contribution < -0.4 is 5.32 Å². The highest BCUT2D eigenvalue weighted by molar-refractivity contribution is 6.27. The molecule has 0 aromatic heterocycles. The van der Waals surface area contributed by atoms with E-state index in [9.17, 15) is 4.79 Å². The number of ether oxygens (including phenoxy) is 1. The van der Waals surface area contributed by atoms with Crippen molar-refractivity contribution in [2.45, 2.75) is 25.4 Å². The maximum atomic E-state index is 10.7. The Bertz CT molecular complexity index is 146. The highest BCUT2D eigenvalue weighted by atomic mass is 35.5. The fourth-order valence-corrected chi connectivity index (χ4v) is 1.39. The van der Waals surface area contributed by atoms with E-state index < -0.39 is 0 Å². The van der Waals surface area contributed by atoms with Crippen LogP contribution in [0.2, 0.25) is 0 Å². The van der Waals surface area contributed by atoms with Crippen LogP contribution in [0.3, 0.4) is 0 Å². The summed E-state index contributed by atoms with van der Waals surface area (Å²) in [5, 5.41) is 2.71. The molecular formula is C8H14ClNO2. The third-order valence-corrected chi connectivity index (χ3v) is 2.18. The number of alkyl halides is 1. The average molecular weight is 192 g/mol. The van der Waals surface area contributed by atoms with E-state index in [1.165, 1.54) is 0 Å². The fraction of sp³-hybridized carbons (Fsp3) is 0.875. The summed E-state index contributed by atoms with van der Waals surface area (Å²) in [6, 6.07) is 0. The Hall–Kier alpha value is -0.280. The Morgan fingerprint density at radius 3 is 3.08 bits per heavy atom. The Labute approximate surface area is 77.4 Å². The molecule has 1 amide bonds. The minimum atomic E-state index is -0.102. The summed E-state index contributed by atoms with van der Waals surface area (Å²) in [5.41, 5.74) is 0.